The average Bonchev–Trinajstić information content (AvgIpc) is 2.60. The van der Waals surface area contributed by atoms with Gasteiger partial charge in [0.05, 0.1) is 12.8 Å². The van der Waals surface area contributed by atoms with Crippen LogP contribution in [-0.4, -0.2) is 40.4 Å². The Morgan fingerprint density at radius 2 is 2.08 bits per heavy atom. The van der Waals surface area contributed by atoms with E-state index in [0.29, 0.717) is 11.3 Å². The lowest BCUT2D eigenvalue weighted by Gasteiger charge is -2.10. The number of carbonyl (C=O) groups is 2. The second-order valence-corrected chi connectivity index (χ2v) is 5.41. The Morgan fingerprint density at radius 3 is 2.77 bits per heavy atom. The Morgan fingerprint density at radius 1 is 1.31 bits per heavy atom. The van der Waals surface area contributed by atoms with Crippen molar-refractivity contribution in [2.24, 2.45) is 0 Å². The van der Waals surface area contributed by atoms with E-state index in [1.807, 2.05) is 0 Å². The number of nitrogens with zero attached hydrogens (tertiary/aromatic N) is 2. The number of aliphatic carboxylic acids is 1. The summed E-state index contributed by atoms with van der Waals surface area (Å²) in [6.07, 6.45) is 0.231. The van der Waals surface area contributed by atoms with E-state index in [2.05, 4.69) is 10.4 Å². The number of carboxylic acids is 1. The van der Waals surface area contributed by atoms with E-state index in [-0.39, 0.29) is 31.7 Å². The van der Waals surface area contributed by atoms with Gasteiger partial charge in [-0.15, -0.1) is 0 Å². The van der Waals surface area contributed by atoms with Gasteiger partial charge in [-0.3, -0.25) is 14.4 Å². The van der Waals surface area contributed by atoms with E-state index in [1.165, 1.54) is 37.4 Å². The topological polar surface area (TPSA) is 111 Å². The van der Waals surface area contributed by atoms with Crippen molar-refractivity contribution in [3.63, 3.8) is 0 Å². The van der Waals surface area contributed by atoms with E-state index in [0.717, 1.165) is 4.68 Å². The highest BCUT2D eigenvalue weighted by Crippen LogP contribution is 2.28. The molecule has 0 radical (unpaired) electrons. The number of hydrogen-bond acceptors (Lipinski definition) is 5. The summed E-state index contributed by atoms with van der Waals surface area (Å²) in [5.74, 6) is -1.63. The smallest absolute Gasteiger partial charge is 0.303 e. The molecular weight excluding hydrogens is 345 g/mol. The molecule has 0 saturated carbocycles. The Balaban J connectivity index is 2.14. The van der Waals surface area contributed by atoms with Gasteiger partial charge in [0.2, 0.25) is 5.91 Å². The van der Waals surface area contributed by atoms with E-state index in [1.54, 1.807) is 0 Å². The van der Waals surface area contributed by atoms with Crippen molar-refractivity contribution < 1.29 is 23.8 Å². The minimum Gasteiger partial charge on any atom is -0.496 e. The highest BCUT2D eigenvalue weighted by molar-refractivity contribution is 5.75. The Bertz CT molecular complexity index is 866. The lowest BCUT2D eigenvalue weighted by molar-refractivity contribution is -0.137. The van der Waals surface area contributed by atoms with E-state index < -0.39 is 23.3 Å². The lowest BCUT2D eigenvalue weighted by atomic mass is 10.1. The first-order valence-electron chi connectivity index (χ1n) is 7.81. The van der Waals surface area contributed by atoms with Crippen LogP contribution in [-0.2, 0) is 16.1 Å². The first-order chi connectivity index (χ1) is 12.4. The van der Waals surface area contributed by atoms with Gasteiger partial charge in [0.1, 0.15) is 18.1 Å². The molecule has 0 unspecified atom stereocenters. The monoisotopic (exact) mass is 363 g/mol. The van der Waals surface area contributed by atoms with Crippen LogP contribution in [0.3, 0.4) is 0 Å². The summed E-state index contributed by atoms with van der Waals surface area (Å²) in [5.41, 5.74) is 0.347. The summed E-state index contributed by atoms with van der Waals surface area (Å²) in [5, 5.41) is 15.2. The third kappa shape index (κ3) is 5.13. The molecule has 0 aliphatic rings. The second kappa shape index (κ2) is 8.75. The van der Waals surface area contributed by atoms with Crippen LogP contribution >= 0.6 is 0 Å². The van der Waals surface area contributed by atoms with Gasteiger partial charge in [-0.2, -0.15) is 5.10 Å². The van der Waals surface area contributed by atoms with Crippen LogP contribution in [0.4, 0.5) is 4.39 Å². The van der Waals surface area contributed by atoms with Crippen molar-refractivity contribution >= 4 is 11.9 Å². The zero-order valence-corrected chi connectivity index (χ0v) is 14.1. The van der Waals surface area contributed by atoms with E-state index in [4.69, 9.17) is 9.84 Å². The number of rotatable bonds is 8. The molecule has 138 valence electrons. The van der Waals surface area contributed by atoms with Gasteiger partial charge < -0.3 is 15.2 Å². The highest BCUT2D eigenvalue weighted by atomic mass is 19.1. The van der Waals surface area contributed by atoms with Crippen LogP contribution in [0.15, 0.2) is 35.1 Å². The van der Waals surface area contributed by atoms with Crippen molar-refractivity contribution in [2.45, 2.75) is 19.4 Å². The van der Waals surface area contributed by atoms with Gasteiger partial charge in [-0.1, -0.05) is 0 Å². The second-order valence-electron chi connectivity index (χ2n) is 5.41. The molecule has 1 heterocycles. The fourth-order valence-electron chi connectivity index (χ4n) is 2.24. The summed E-state index contributed by atoms with van der Waals surface area (Å²) < 4.78 is 19.4. The van der Waals surface area contributed by atoms with Crippen molar-refractivity contribution in [1.82, 2.24) is 15.1 Å². The normalized spacial score (nSPS) is 10.4. The molecule has 2 aromatic rings. The number of carboxylic acid groups (broad SMARTS) is 1. The summed E-state index contributed by atoms with van der Waals surface area (Å²) in [4.78, 5) is 34.2. The van der Waals surface area contributed by atoms with Crippen LogP contribution in [0.25, 0.3) is 11.3 Å². The molecule has 2 rings (SSSR count). The number of ether oxygens (including phenoxy) is 1. The number of amides is 1. The maximum absolute atomic E-state index is 13.3. The zero-order chi connectivity index (χ0) is 19.1. The van der Waals surface area contributed by atoms with Gasteiger partial charge in [-0.25, -0.2) is 9.07 Å². The molecule has 0 saturated heterocycles. The van der Waals surface area contributed by atoms with Crippen molar-refractivity contribution in [3.8, 4) is 17.0 Å². The molecular formula is C17H18FN3O5. The average molecular weight is 363 g/mol. The van der Waals surface area contributed by atoms with Gasteiger partial charge in [-0.05, 0) is 24.6 Å². The van der Waals surface area contributed by atoms with Gasteiger partial charge in [0.15, 0.2) is 0 Å². The number of methoxy groups -OCH3 is 1. The molecule has 0 fully saturated rings. The fourth-order valence-corrected chi connectivity index (χ4v) is 2.24. The third-order valence-corrected chi connectivity index (χ3v) is 3.49. The van der Waals surface area contributed by atoms with Crippen molar-refractivity contribution in [3.05, 3.63) is 46.5 Å². The number of benzene rings is 1. The first-order valence-corrected chi connectivity index (χ1v) is 7.81. The summed E-state index contributed by atoms with van der Waals surface area (Å²) in [6, 6.07) is 6.62. The Hall–Kier alpha value is -3.23. The van der Waals surface area contributed by atoms with Gasteiger partial charge in [0, 0.05) is 30.7 Å². The van der Waals surface area contributed by atoms with Crippen LogP contribution in [0.1, 0.15) is 12.8 Å². The minimum absolute atomic E-state index is 0.0572. The number of hydrogen-bond donors (Lipinski definition) is 2. The summed E-state index contributed by atoms with van der Waals surface area (Å²) in [7, 11) is 1.39. The standard InChI is InChI=1S/C17H18FN3O5/c1-26-14-9-11(18)4-5-12(14)13-6-7-16(23)21(20-13)10-15(22)19-8-2-3-17(24)25/h4-7,9H,2-3,8,10H2,1H3,(H,19,22)(H,24,25). The molecule has 0 aliphatic carbocycles. The Labute approximate surface area is 148 Å². The highest BCUT2D eigenvalue weighted by Gasteiger charge is 2.12. The maximum atomic E-state index is 13.3. The van der Waals surface area contributed by atoms with Crippen LogP contribution in [0.5, 0.6) is 5.75 Å². The summed E-state index contributed by atoms with van der Waals surface area (Å²) in [6.45, 7) is -0.130. The molecule has 1 amide bonds. The molecule has 1 aromatic heterocycles. The quantitative estimate of drug-likeness (QED) is 0.678. The largest absolute Gasteiger partial charge is 0.496 e. The van der Waals surface area contributed by atoms with Crippen LogP contribution in [0.2, 0.25) is 0 Å². The lowest BCUT2D eigenvalue weighted by Crippen LogP contribution is -2.34. The van der Waals surface area contributed by atoms with Crippen molar-refractivity contribution in [2.75, 3.05) is 13.7 Å². The van der Waals surface area contributed by atoms with E-state index in [9.17, 15) is 18.8 Å². The molecule has 9 heteroatoms. The molecule has 0 atom stereocenters. The molecule has 26 heavy (non-hydrogen) atoms. The van der Waals surface area contributed by atoms with Crippen molar-refractivity contribution in [1.29, 1.82) is 0 Å². The zero-order valence-electron chi connectivity index (χ0n) is 14.1. The van der Waals surface area contributed by atoms with Gasteiger partial charge >= 0.3 is 5.97 Å². The number of aromatic nitrogens is 2. The molecule has 0 bridgehead atoms. The summed E-state index contributed by atoms with van der Waals surface area (Å²) >= 11 is 0. The maximum Gasteiger partial charge on any atom is 0.303 e. The van der Waals surface area contributed by atoms with E-state index >= 15 is 0 Å². The number of carbonyl (C=O) groups excluding carboxylic acids is 1. The predicted molar refractivity (Wildman–Crippen MR) is 90.3 cm³/mol. The number of halogens is 1. The SMILES string of the molecule is COc1cc(F)ccc1-c1ccc(=O)n(CC(=O)NCCCC(=O)O)n1. The van der Waals surface area contributed by atoms with Crippen LogP contribution < -0.4 is 15.6 Å². The molecule has 1 aromatic carbocycles. The van der Waals surface area contributed by atoms with Gasteiger partial charge in [0.25, 0.3) is 5.56 Å². The molecule has 0 aliphatic heterocycles. The Kier molecular flexibility index (Phi) is 6.42. The molecule has 2 N–H and O–H groups in total. The molecule has 8 nitrogen and oxygen atoms in total. The fraction of sp³-hybridized carbons (Fsp3) is 0.294. The first kappa shape index (κ1) is 19.1. The predicted octanol–water partition coefficient (Wildman–Crippen LogP) is 1.04. The minimum atomic E-state index is -0.946. The van der Waals surface area contributed by atoms with Crippen LogP contribution in [0, 0.1) is 5.82 Å². The number of nitrogens with one attached hydrogen (secondary N) is 1. The third-order valence-electron chi connectivity index (χ3n) is 3.49. The molecule has 0 spiro atoms.